The smallest absolute Gasteiger partial charge is 0.336 e. The molecule has 2 aromatic carbocycles. The molecule has 0 fully saturated rings. The van der Waals surface area contributed by atoms with Gasteiger partial charge in [0.2, 0.25) is 0 Å². The van der Waals surface area contributed by atoms with Gasteiger partial charge in [0.25, 0.3) is 0 Å². The third kappa shape index (κ3) is 4.37. The summed E-state index contributed by atoms with van der Waals surface area (Å²) in [7, 11) is 0. The van der Waals surface area contributed by atoms with Gasteiger partial charge in [0, 0.05) is 5.02 Å². The topological polar surface area (TPSA) is 46.5 Å². The Morgan fingerprint density at radius 2 is 1.95 bits per heavy atom. The van der Waals surface area contributed by atoms with E-state index in [9.17, 15) is 9.90 Å². The fourth-order valence-corrected chi connectivity index (χ4v) is 2.10. The maximum Gasteiger partial charge on any atom is 0.336 e. The van der Waals surface area contributed by atoms with Crippen molar-refractivity contribution in [2.75, 3.05) is 6.61 Å². The van der Waals surface area contributed by atoms with E-state index in [-0.39, 0.29) is 5.57 Å². The maximum absolute atomic E-state index is 11.5. The fourth-order valence-electron chi connectivity index (χ4n) is 1.98. The summed E-state index contributed by atoms with van der Waals surface area (Å²) < 4.78 is 5.57. The number of carbonyl (C=O) groups is 1. The molecule has 0 atom stereocenters. The molecule has 0 aliphatic rings. The van der Waals surface area contributed by atoms with Crippen LogP contribution < -0.4 is 4.74 Å². The number of hydrogen-bond donors (Lipinski definition) is 1. The molecule has 1 N–H and O–H groups in total. The SMILES string of the molecule is CCCOc1cccc(/C=C(\C(=O)O)c2ccc(Cl)cc2)c1. The van der Waals surface area contributed by atoms with Crippen molar-refractivity contribution >= 4 is 29.2 Å². The molecule has 4 heteroatoms. The summed E-state index contributed by atoms with van der Waals surface area (Å²) in [5, 5.41) is 10.0. The molecule has 0 aliphatic carbocycles. The van der Waals surface area contributed by atoms with Gasteiger partial charge in [0.15, 0.2) is 0 Å². The lowest BCUT2D eigenvalue weighted by molar-refractivity contribution is -0.130. The Hall–Kier alpha value is -2.26. The molecule has 0 heterocycles. The van der Waals surface area contributed by atoms with Crippen LogP contribution in [0, 0.1) is 0 Å². The number of benzene rings is 2. The highest BCUT2D eigenvalue weighted by Gasteiger charge is 2.10. The molecule has 2 rings (SSSR count). The Bertz CT molecular complexity index is 675. The van der Waals surface area contributed by atoms with E-state index in [1.165, 1.54) is 0 Å². The second kappa shape index (κ2) is 7.66. The minimum atomic E-state index is -0.984. The molecule has 22 heavy (non-hydrogen) atoms. The molecule has 2 aromatic rings. The molecule has 0 unspecified atom stereocenters. The van der Waals surface area contributed by atoms with Crippen LogP contribution in [0.15, 0.2) is 48.5 Å². The van der Waals surface area contributed by atoms with Crippen LogP contribution in [0.1, 0.15) is 24.5 Å². The van der Waals surface area contributed by atoms with Crippen molar-refractivity contribution in [3.8, 4) is 5.75 Å². The van der Waals surface area contributed by atoms with E-state index in [1.54, 1.807) is 30.3 Å². The quantitative estimate of drug-likeness (QED) is 0.617. The molecule has 0 aromatic heterocycles. The molecule has 0 bridgehead atoms. The van der Waals surface area contributed by atoms with Gasteiger partial charge in [-0.3, -0.25) is 0 Å². The predicted molar refractivity (Wildman–Crippen MR) is 89.2 cm³/mol. The zero-order valence-electron chi connectivity index (χ0n) is 12.3. The Kier molecular flexibility index (Phi) is 5.61. The summed E-state index contributed by atoms with van der Waals surface area (Å²) in [6, 6.07) is 14.1. The largest absolute Gasteiger partial charge is 0.494 e. The Morgan fingerprint density at radius 1 is 1.23 bits per heavy atom. The van der Waals surface area contributed by atoms with Gasteiger partial charge in [0.05, 0.1) is 12.2 Å². The molecule has 0 spiro atoms. The Labute approximate surface area is 134 Å². The normalized spacial score (nSPS) is 11.3. The van der Waals surface area contributed by atoms with Gasteiger partial charge >= 0.3 is 5.97 Å². The van der Waals surface area contributed by atoms with Gasteiger partial charge < -0.3 is 9.84 Å². The van der Waals surface area contributed by atoms with Crippen LogP contribution in [0.2, 0.25) is 5.02 Å². The third-order valence-electron chi connectivity index (χ3n) is 3.03. The number of carboxylic acids is 1. The number of rotatable bonds is 6. The second-order valence-corrected chi connectivity index (χ2v) is 5.23. The first-order valence-corrected chi connectivity index (χ1v) is 7.41. The highest BCUT2D eigenvalue weighted by Crippen LogP contribution is 2.22. The van der Waals surface area contributed by atoms with Crippen molar-refractivity contribution in [1.29, 1.82) is 0 Å². The van der Waals surface area contributed by atoms with Gasteiger partial charge in [-0.2, -0.15) is 0 Å². The van der Waals surface area contributed by atoms with E-state index in [1.807, 2.05) is 31.2 Å². The summed E-state index contributed by atoms with van der Waals surface area (Å²) in [4.78, 5) is 11.5. The predicted octanol–water partition coefficient (Wildman–Crippen LogP) is 4.75. The van der Waals surface area contributed by atoms with E-state index in [4.69, 9.17) is 16.3 Å². The molecular formula is C18H17ClO3. The highest BCUT2D eigenvalue weighted by atomic mass is 35.5. The monoisotopic (exact) mass is 316 g/mol. The van der Waals surface area contributed by atoms with E-state index in [0.717, 1.165) is 17.7 Å². The van der Waals surface area contributed by atoms with E-state index in [0.29, 0.717) is 17.2 Å². The van der Waals surface area contributed by atoms with Crippen molar-refractivity contribution < 1.29 is 14.6 Å². The van der Waals surface area contributed by atoms with Crippen molar-refractivity contribution in [1.82, 2.24) is 0 Å². The van der Waals surface area contributed by atoms with Crippen LogP contribution in [0.25, 0.3) is 11.6 Å². The van der Waals surface area contributed by atoms with Gasteiger partial charge in [-0.05, 0) is 47.9 Å². The highest BCUT2D eigenvalue weighted by molar-refractivity contribution is 6.30. The minimum absolute atomic E-state index is 0.212. The van der Waals surface area contributed by atoms with Crippen LogP contribution in [0.3, 0.4) is 0 Å². The first kappa shape index (κ1) is 16.1. The molecule has 0 radical (unpaired) electrons. The van der Waals surface area contributed by atoms with Gasteiger partial charge in [-0.1, -0.05) is 42.8 Å². The number of ether oxygens (including phenoxy) is 1. The van der Waals surface area contributed by atoms with E-state index < -0.39 is 5.97 Å². The standard InChI is InChI=1S/C18H17ClO3/c1-2-10-22-16-5-3-4-13(11-16)12-17(18(20)21)14-6-8-15(19)9-7-14/h3-9,11-12H,2,10H2,1H3,(H,20,21)/b17-12-. The van der Waals surface area contributed by atoms with Gasteiger partial charge in [-0.15, -0.1) is 0 Å². The lowest BCUT2D eigenvalue weighted by Crippen LogP contribution is -1.99. The molecule has 3 nitrogen and oxygen atoms in total. The molecule has 0 saturated heterocycles. The summed E-state index contributed by atoms with van der Waals surface area (Å²) in [5.74, 6) is -0.251. The van der Waals surface area contributed by atoms with E-state index >= 15 is 0 Å². The maximum atomic E-state index is 11.5. The zero-order valence-corrected chi connectivity index (χ0v) is 13.0. The molecule has 0 saturated carbocycles. The molecule has 114 valence electrons. The third-order valence-corrected chi connectivity index (χ3v) is 3.28. The lowest BCUT2D eigenvalue weighted by Gasteiger charge is -2.07. The number of hydrogen-bond acceptors (Lipinski definition) is 2. The number of carboxylic acid groups (broad SMARTS) is 1. The second-order valence-electron chi connectivity index (χ2n) is 4.79. The summed E-state index contributed by atoms with van der Waals surface area (Å²) in [5.41, 5.74) is 1.60. The van der Waals surface area contributed by atoms with Crippen molar-refractivity contribution in [3.05, 3.63) is 64.7 Å². The van der Waals surface area contributed by atoms with E-state index in [2.05, 4.69) is 0 Å². The molecular weight excluding hydrogens is 300 g/mol. The first-order chi connectivity index (χ1) is 10.6. The number of aliphatic carboxylic acids is 1. The van der Waals surface area contributed by atoms with Crippen molar-refractivity contribution in [2.45, 2.75) is 13.3 Å². The average Bonchev–Trinajstić information content (AvgIpc) is 2.52. The van der Waals surface area contributed by atoms with Crippen LogP contribution in [-0.4, -0.2) is 17.7 Å². The fraction of sp³-hybridized carbons (Fsp3) is 0.167. The summed E-state index contributed by atoms with van der Waals surface area (Å²) in [6.45, 7) is 2.67. The summed E-state index contributed by atoms with van der Waals surface area (Å²) in [6.07, 6.45) is 2.55. The Morgan fingerprint density at radius 3 is 2.59 bits per heavy atom. The molecule has 0 aliphatic heterocycles. The van der Waals surface area contributed by atoms with Crippen LogP contribution in [0.5, 0.6) is 5.75 Å². The lowest BCUT2D eigenvalue weighted by atomic mass is 10.0. The van der Waals surface area contributed by atoms with Gasteiger partial charge in [0.1, 0.15) is 5.75 Å². The van der Waals surface area contributed by atoms with Crippen molar-refractivity contribution in [2.24, 2.45) is 0 Å². The number of halogens is 1. The summed E-state index contributed by atoms with van der Waals surface area (Å²) >= 11 is 5.84. The molecule has 0 amide bonds. The zero-order chi connectivity index (χ0) is 15.9. The Balaban J connectivity index is 2.34. The van der Waals surface area contributed by atoms with Crippen LogP contribution >= 0.6 is 11.6 Å². The van der Waals surface area contributed by atoms with Crippen LogP contribution in [-0.2, 0) is 4.79 Å². The van der Waals surface area contributed by atoms with Gasteiger partial charge in [-0.25, -0.2) is 4.79 Å². The van der Waals surface area contributed by atoms with Crippen molar-refractivity contribution in [3.63, 3.8) is 0 Å². The average molecular weight is 317 g/mol. The first-order valence-electron chi connectivity index (χ1n) is 7.04. The minimum Gasteiger partial charge on any atom is -0.494 e. The van der Waals surface area contributed by atoms with Crippen LogP contribution in [0.4, 0.5) is 0 Å².